The molecule has 6 nitrogen and oxygen atoms in total. The Labute approximate surface area is 153 Å². The molecule has 0 atom stereocenters. The zero-order valence-electron chi connectivity index (χ0n) is 15.3. The number of nitrogens with one attached hydrogen (secondary N) is 2. The first kappa shape index (κ1) is 19.3. The van der Waals surface area contributed by atoms with Crippen molar-refractivity contribution >= 4 is 17.5 Å². The molecule has 0 spiro atoms. The van der Waals surface area contributed by atoms with E-state index in [1.807, 2.05) is 32.0 Å². The van der Waals surface area contributed by atoms with Gasteiger partial charge in [-0.05, 0) is 61.4 Å². The SMILES string of the molecule is COc1ccc(OCCNC(=O)CC(=O)Nc2cc(C)cc(C)c2)cc1. The average Bonchev–Trinajstić information content (AvgIpc) is 2.58. The van der Waals surface area contributed by atoms with Crippen LogP contribution in [0.25, 0.3) is 0 Å². The van der Waals surface area contributed by atoms with Crippen LogP contribution in [-0.4, -0.2) is 32.1 Å². The topological polar surface area (TPSA) is 76.7 Å². The first-order valence-corrected chi connectivity index (χ1v) is 8.38. The first-order chi connectivity index (χ1) is 12.5. The second-order valence-corrected chi connectivity index (χ2v) is 5.98. The van der Waals surface area contributed by atoms with Crippen molar-refractivity contribution < 1.29 is 19.1 Å². The van der Waals surface area contributed by atoms with Gasteiger partial charge in [-0.2, -0.15) is 0 Å². The lowest BCUT2D eigenvalue weighted by molar-refractivity contribution is -0.126. The van der Waals surface area contributed by atoms with Gasteiger partial charge in [0.1, 0.15) is 24.5 Å². The average molecular weight is 356 g/mol. The third kappa shape index (κ3) is 6.47. The largest absolute Gasteiger partial charge is 0.497 e. The number of carbonyl (C=O) groups excluding carboxylic acids is 2. The van der Waals surface area contributed by atoms with Crippen molar-refractivity contribution in [3.63, 3.8) is 0 Å². The summed E-state index contributed by atoms with van der Waals surface area (Å²) in [5, 5.41) is 5.40. The van der Waals surface area contributed by atoms with Crippen LogP contribution in [0.4, 0.5) is 5.69 Å². The lowest BCUT2D eigenvalue weighted by Crippen LogP contribution is -2.31. The Kier molecular flexibility index (Phi) is 7.02. The molecule has 26 heavy (non-hydrogen) atoms. The summed E-state index contributed by atoms with van der Waals surface area (Å²) in [6.45, 7) is 4.55. The van der Waals surface area contributed by atoms with Gasteiger partial charge >= 0.3 is 0 Å². The number of aryl methyl sites for hydroxylation is 2. The van der Waals surface area contributed by atoms with E-state index < -0.39 is 0 Å². The van der Waals surface area contributed by atoms with E-state index in [0.29, 0.717) is 24.6 Å². The second-order valence-electron chi connectivity index (χ2n) is 5.98. The minimum absolute atomic E-state index is 0.227. The minimum atomic E-state index is -0.344. The summed E-state index contributed by atoms with van der Waals surface area (Å²) in [4.78, 5) is 23.8. The van der Waals surface area contributed by atoms with Crippen molar-refractivity contribution in [2.24, 2.45) is 0 Å². The Morgan fingerprint density at radius 3 is 2.15 bits per heavy atom. The molecule has 0 heterocycles. The molecule has 0 aliphatic heterocycles. The van der Waals surface area contributed by atoms with Crippen LogP contribution >= 0.6 is 0 Å². The predicted octanol–water partition coefficient (Wildman–Crippen LogP) is 2.84. The van der Waals surface area contributed by atoms with Gasteiger partial charge in [0.05, 0.1) is 13.7 Å². The molecule has 6 heteroatoms. The summed E-state index contributed by atoms with van der Waals surface area (Å²) in [7, 11) is 1.60. The molecule has 0 aliphatic rings. The first-order valence-electron chi connectivity index (χ1n) is 8.38. The van der Waals surface area contributed by atoms with Crippen LogP contribution in [0.1, 0.15) is 17.5 Å². The minimum Gasteiger partial charge on any atom is -0.497 e. The zero-order chi connectivity index (χ0) is 18.9. The van der Waals surface area contributed by atoms with Crippen LogP contribution in [-0.2, 0) is 9.59 Å². The van der Waals surface area contributed by atoms with Crippen LogP contribution < -0.4 is 20.1 Å². The van der Waals surface area contributed by atoms with E-state index in [1.165, 1.54) is 0 Å². The third-order valence-corrected chi connectivity index (χ3v) is 3.58. The number of rotatable bonds is 8. The zero-order valence-corrected chi connectivity index (χ0v) is 15.3. The molecule has 0 saturated carbocycles. The molecule has 0 aromatic heterocycles. The number of anilines is 1. The number of carbonyl (C=O) groups is 2. The monoisotopic (exact) mass is 356 g/mol. The standard InChI is InChI=1S/C20H24N2O4/c1-14-10-15(2)12-16(11-14)22-20(24)13-19(23)21-8-9-26-18-6-4-17(25-3)5-7-18/h4-7,10-12H,8-9,13H2,1-3H3,(H,21,23)(H,22,24). The highest BCUT2D eigenvalue weighted by molar-refractivity contribution is 6.03. The summed E-state index contributed by atoms with van der Waals surface area (Å²) < 4.78 is 10.6. The molecule has 0 saturated heterocycles. The molecule has 2 amide bonds. The van der Waals surface area contributed by atoms with Crippen LogP contribution in [0.5, 0.6) is 11.5 Å². The van der Waals surface area contributed by atoms with Gasteiger partial charge < -0.3 is 20.1 Å². The highest BCUT2D eigenvalue weighted by Gasteiger charge is 2.09. The second kappa shape index (κ2) is 9.46. The van der Waals surface area contributed by atoms with E-state index >= 15 is 0 Å². The molecule has 0 bridgehead atoms. The maximum absolute atomic E-state index is 11.9. The van der Waals surface area contributed by atoms with Gasteiger partial charge in [-0.1, -0.05) is 6.07 Å². The van der Waals surface area contributed by atoms with Crippen molar-refractivity contribution in [1.29, 1.82) is 0 Å². The van der Waals surface area contributed by atoms with Gasteiger partial charge in [-0.3, -0.25) is 9.59 Å². The molecular formula is C20H24N2O4. The van der Waals surface area contributed by atoms with Crippen molar-refractivity contribution in [3.8, 4) is 11.5 Å². The van der Waals surface area contributed by atoms with E-state index in [4.69, 9.17) is 9.47 Å². The lowest BCUT2D eigenvalue weighted by Gasteiger charge is -2.09. The Bertz CT molecular complexity index is 737. The number of methoxy groups -OCH3 is 1. The normalized spacial score (nSPS) is 10.1. The highest BCUT2D eigenvalue weighted by atomic mass is 16.5. The quantitative estimate of drug-likeness (QED) is 0.563. The fourth-order valence-corrected chi connectivity index (χ4v) is 2.49. The van der Waals surface area contributed by atoms with E-state index in [2.05, 4.69) is 10.6 Å². The maximum atomic E-state index is 11.9. The van der Waals surface area contributed by atoms with Gasteiger partial charge in [-0.25, -0.2) is 0 Å². The van der Waals surface area contributed by atoms with Crippen molar-refractivity contribution in [2.45, 2.75) is 20.3 Å². The fourth-order valence-electron chi connectivity index (χ4n) is 2.49. The molecule has 0 aliphatic carbocycles. The number of hydrogen-bond donors (Lipinski definition) is 2. The van der Waals surface area contributed by atoms with Gasteiger partial charge in [0.2, 0.25) is 11.8 Å². The van der Waals surface area contributed by atoms with Gasteiger partial charge in [0.25, 0.3) is 0 Å². The molecule has 2 N–H and O–H groups in total. The van der Waals surface area contributed by atoms with Gasteiger partial charge in [0, 0.05) is 5.69 Å². The molecular weight excluding hydrogens is 332 g/mol. The summed E-state index contributed by atoms with van der Waals surface area (Å²) in [5.41, 5.74) is 2.81. The fraction of sp³-hybridized carbons (Fsp3) is 0.300. The molecule has 0 fully saturated rings. The summed E-state index contributed by atoms with van der Waals surface area (Å²) in [6.07, 6.45) is -0.227. The Balaban J connectivity index is 1.68. The van der Waals surface area contributed by atoms with E-state index in [1.54, 1.807) is 31.4 Å². The van der Waals surface area contributed by atoms with E-state index in [-0.39, 0.29) is 18.2 Å². The number of ether oxygens (including phenoxy) is 2. The van der Waals surface area contributed by atoms with Gasteiger partial charge in [-0.15, -0.1) is 0 Å². The highest BCUT2D eigenvalue weighted by Crippen LogP contribution is 2.16. The Morgan fingerprint density at radius 2 is 1.54 bits per heavy atom. The van der Waals surface area contributed by atoms with E-state index in [9.17, 15) is 9.59 Å². The van der Waals surface area contributed by atoms with Crippen molar-refractivity contribution in [3.05, 3.63) is 53.6 Å². The lowest BCUT2D eigenvalue weighted by atomic mass is 10.1. The molecule has 0 radical (unpaired) electrons. The summed E-state index contributed by atoms with van der Waals surface area (Å²) in [5.74, 6) is 0.752. The van der Waals surface area contributed by atoms with Crippen LogP contribution in [0.2, 0.25) is 0 Å². The molecule has 138 valence electrons. The molecule has 2 rings (SSSR count). The van der Waals surface area contributed by atoms with E-state index in [0.717, 1.165) is 16.9 Å². The number of hydrogen-bond acceptors (Lipinski definition) is 4. The molecule has 2 aromatic rings. The number of benzene rings is 2. The molecule has 0 unspecified atom stereocenters. The summed E-state index contributed by atoms with van der Waals surface area (Å²) in [6, 6.07) is 12.9. The summed E-state index contributed by atoms with van der Waals surface area (Å²) >= 11 is 0. The smallest absolute Gasteiger partial charge is 0.233 e. The number of amides is 2. The van der Waals surface area contributed by atoms with Crippen LogP contribution in [0, 0.1) is 13.8 Å². The van der Waals surface area contributed by atoms with Crippen molar-refractivity contribution in [2.75, 3.05) is 25.6 Å². The maximum Gasteiger partial charge on any atom is 0.233 e. The van der Waals surface area contributed by atoms with Crippen LogP contribution in [0.15, 0.2) is 42.5 Å². The third-order valence-electron chi connectivity index (χ3n) is 3.58. The van der Waals surface area contributed by atoms with Crippen molar-refractivity contribution in [1.82, 2.24) is 5.32 Å². The van der Waals surface area contributed by atoms with Gasteiger partial charge in [0.15, 0.2) is 0 Å². The predicted molar refractivity (Wildman–Crippen MR) is 101 cm³/mol. The molecule has 2 aromatic carbocycles. The Hall–Kier alpha value is -3.02. The Morgan fingerprint density at radius 1 is 0.923 bits per heavy atom. The van der Waals surface area contributed by atoms with Crippen LogP contribution in [0.3, 0.4) is 0 Å².